The summed E-state index contributed by atoms with van der Waals surface area (Å²) in [6.45, 7) is 2.52. The first kappa shape index (κ1) is 26.2. The van der Waals surface area contributed by atoms with E-state index in [-0.39, 0.29) is 17.7 Å². The van der Waals surface area contributed by atoms with E-state index < -0.39 is 0 Å². The summed E-state index contributed by atoms with van der Waals surface area (Å²) in [5.74, 6) is 1.53. The number of nitrogen functional groups attached to an aromatic ring is 1. The number of anilines is 2. The predicted molar refractivity (Wildman–Crippen MR) is 161 cm³/mol. The Morgan fingerprint density at radius 2 is 1.72 bits per heavy atom. The molecule has 1 aliphatic rings. The topological polar surface area (TPSA) is 134 Å². The lowest BCUT2D eigenvalue weighted by Gasteiger charge is -2.39. The predicted octanol–water partition coefficient (Wildman–Crippen LogP) is 4.83. The van der Waals surface area contributed by atoms with Crippen LogP contribution in [0.25, 0.3) is 39.5 Å². The minimum Gasteiger partial charge on any atom is -0.383 e. The number of likely N-dealkylation sites (tertiary alicyclic amines) is 1. The third-order valence-corrected chi connectivity index (χ3v) is 7.39. The van der Waals surface area contributed by atoms with Gasteiger partial charge < -0.3 is 11.1 Å². The van der Waals surface area contributed by atoms with Crippen LogP contribution >= 0.6 is 0 Å². The molecule has 3 N–H and O–H groups in total. The molecule has 6 aromatic rings. The molecule has 0 unspecified atom stereocenters. The van der Waals surface area contributed by atoms with Crippen LogP contribution < -0.4 is 11.1 Å². The zero-order valence-corrected chi connectivity index (χ0v) is 22.9. The molecule has 0 bridgehead atoms. The number of pyridine rings is 2. The van der Waals surface area contributed by atoms with Crippen molar-refractivity contribution < 1.29 is 4.39 Å². The van der Waals surface area contributed by atoms with Crippen LogP contribution in [0, 0.1) is 17.1 Å². The second-order valence-corrected chi connectivity index (χ2v) is 10.3. The number of aromatic nitrogens is 6. The number of halogens is 1. The Morgan fingerprint density at radius 1 is 0.907 bits per heavy atom. The fraction of sp³-hybridized carbons (Fsp3) is 0.125. The normalized spacial score (nSPS) is 13.5. The molecule has 10 nitrogen and oxygen atoms in total. The number of nitrogens with zero attached hydrogens (tertiary/aromatic N) is 8. The molecule has 0 radical (unpaired) electrons. The van der Waals surface area contributed by atoms with Crippen molar-refractivity contribution in [2.24, 2.45) is 0 Å². The van der Waals surface area contributed by atoms with Crippen molar-refractivity contribution in [3.8, 4) is 34.4 Å². The Balaban J connectivity index is 1.16. The van der Waals surface area contributed by atoms with Crippen LogP contribution in [0.5, 0.6) is 0 Å². The molecule has 1 aliphatic heterocycles. The van der Waals surface area contributed by atoms with Crippen molar-refractivity contribution >= 4 is 22.8 Å². The zero-order valence-electron chi connectivity index (χ0n) is 22.9. The average molecular weight is 569 g/mol. The maximum absolute atomic E-state index is 13.6. The third-order valence-electron chi connectivity index (χ3n) is 7.39. The summed E-state index contributed by atoms with van der Waals surface area (Å²) in [6, 6.07) is 26.1. The van der Waals surface area contributed by atoms with E-state index in [1.54, 1.807) is 30.6 Å². The van der Waals surface area contributed by atoms with Gasteiger partial charge >= 0.3 is 0 Å². The number of hydrogen-bond donors (Lipinski definition) is 2. The third kappa shape index (κ3) is 5.23. The lowest BCUT2D eigenvalue weighted by atomic mass is 10.1. The summed E-state index contributed by atoms with van der Waals surface area (Å²) in [4.78, 5) is 24.6. The molecule has 0 saturated carbocycles. The Hall–Kier alpha value is -5.73. The van der Waals surface area contributed by atoms with Gasteiger partial charge in [0, 0.05) is 43.3 Å². The van der Waals surface area contributed by atoms with Gasteiger partial charge in [-0.05, 0) is 72.3 Å². The van der Waals surface area contributed by atoms with Gasteiger partial charge in [0.2, 0.25) is 5.82 Å². The summed E-state index contributed by atoms with van der Waals surface area (Å²) in [6.07, 6.45) is 3.24. The summed E-state index contributed by atoms with van der Waals surface area (Å²) < 4.78 is 15.6. The van der Waals surface area contributed by atoms with E-state index in [4.69, 9.17) is 21.0 Å². The Morgan fingerprint density at radius 3 is 2.49 bits per heavy atom. The number of nitrogens with one attached hydrogen (secondary N) is 1. The molecule has 0 atom stereocenters. The maximum Gasteiger partial charge on any atom is 0.234 e. The van der Waals surface area contributed by atoms with Crippen molar-refractivity contribution in [3.63, 3.8) is 0 Å². The first-order valence-electron chi connectivity index (χ1n) is 13.7. The molecule has 0 amide bonds. The number of benzene rings is 2. The van der Waals surface area contributed by atoms with E-state index in [1.807, 2.05) is 34.9 Å². The zero-order chi connectivity index (χ0) is 29.3. The van der Waals surface area contributed by atoms with Crippen molar-refractivity contribution in [2.45, 2.75) is 12.6 Å². The van der Waals surface area contributed by atoms with Gasteiger partial charge in [0.1, 0.15) is 29.0 Å². The van der Waals surface area contributed by atoms with Crippen LogP contribution in [-0.2, 0) is 6.54 Å². The Labute approximate surface area is 246 Å². The summed E-state index contributed by atoms with van der Waals surface area (Å²) in [7, 11) is 0. The van der Waals surface area contributed by atoms with Gasteiger partial charge in [-0.3, -0.25) is 9.47 Å². The second-order valence-electron chi connectivity index (χ2n) is 10.3. The largest absolute Gasteiger partial charge is 0.383 e. The highest BCUT2D eigenvalue weighted by Gasteiger charge is 2.27. The molecule has 0 spiro atoms. The lowest BCUT2D eigenvalue weighted by molar-refractivity contribution is 0.153. The van der Waals surface area contributed by atoms with E-state index in [1.165, 1.54) is 17.7 Å². The van der Waals surface area contributed by atoms with Crippen LogP contribution in [0.4, 0.5) is 16.0 Å². The molecule has 7 rings (SSSR count). The minimum absolute atomic E-state index is 0.156. The first-order chi connectivity index (χ1) is 21.0. The van der Waals surface area contributed by atoms with E-state index in [0.717, 1.165) is 30.9 Å². The minimum atomic E-state index is -0.297. The molecule has 0 aliphatic carbocycles. The lowest BCUT2D eigenvalue weighted by Crippen LogP contribution is -2.54. The summed E-state index contributed by atoms with van der Waals surface area (Å²) >= 11 is 0. The highest BCUT2D eigenvalue weighted by Crippen LogP contribution is 2.32. The monoisotopic (exact) mass is 568 g/mol. The summed E-state index contributed by atoms with van der Waals surface area (Å²) in [5, 5.41) is 12.4. The van der Waals surface area contributed by atoms with Crippen molar-refractivity contribution in [3.05, 3.63) is 108 Å². The highest BCUT2D eigenvalue weighted by molar-refractivity contribution is 5.84. The van der Waals surface area contributed by atoms with Gasteiger partial charge in [-0.15, -0.1) is 0 Å². The molecule has 4 aromatic heterocycles. The molecule has 43 heavy (non-hydrogen) atoms. The van der Waals surface area contributed by atoms with Crippen LogP contribution in [0.2, 0.25) is 0 Å². The highest BCUT2D eigenvalue weighted by atomic mass is 19.1. The number of nitrogens with two attached hydrogens (primary N) is 1. The van der Waals surface area contributed by atoms with E-state index in [0.29, 0.717) is 39.9 Å². The molecule has 2 aromatic carbocycles. The molecule has 210 valence electrons. The van der Waals surface area contributed by atoms with Crippen molar-refractivity contribution in [1.29, 1.82) is 5.26 Å². The smallest absolute Gasteiger partial charge is 0.234 e. The van der Waals surface area contributed by atoms with Gasteiger partial charge in [0.05, 0.1) is 17.3 Å². The molecular formula is C32H25FN10. The second kappa shape index (κ2) is 10.9. The molecule has 1 fully saturated rings. The SMILES string of the molecule is N#Cc1nccc(NC2CN(Cc3ccc(-n4c(-c5cccnc5N)nc5ccc(-c6ccc(F)cc6)nc54)cc3)C2)n1. The van der Waals surface area contributed by atoms with Gasteiger partial charge in [-0.25, -0.2) is 29.3 Å². The first-order valence-corrected chi connectivity index (χ1v) is 13.7. The number of hydrogen-bond acceptors (Lipinski definition) is 9. The van der Waals surface area contributed by atoms with Crippen LogP contribution in [0.1, 0.15) is 11.4 Å². The summed E-state index contributed by atoms with van der Waals surface area (Å²) in [5.41, 5.74) is 11.9. The fourth-order valence-electron chi connectivity index (χ4n) is 5.27. The fourth-order valence-corrected chi connectivity index (χ4v) is 5.27. The Bertz CT molecular complexity index is 1970. The number of imidazole rings is 1. The number of fused-ring (bicyclic) bond motifs is 1. The molecule has 11 heteroatoms. The van der Waals surface area contributed by atoms with E-state index in [9.17, 15) is 4.39 Å². The maximum atomic E-state index is 13.6. The Kier molecular flexibility index (Phi) is 6.65. The average Bonchev–Trinajstić information content (AvgIpc) is 3.39. The number of nitriles is 1. The standard InChI is InChI=1S/C32H25FN10/c33-22-7-5-21(6-8-22)26-11-12-27-32(39-26)43(31(40-27)25-2-1-14-37-30(25)35)24-9-3-20(4-10-24)17-42-18-23(19-42)38-28-13-15-36-29(16-34)41-28/h1-15,23H,17-19H2,(H2,35,37)(H,36,38,41). The van der Waals surface area contributed by atoms with Gasteiger partial charge in [-0.2, -0.15) is 5.26 Å². The van der Waals surface area contributed by atoms with E-state index in [2.05, 4.69) is 49.4 Å². The quantitative estimate of drug-likeness (QED) is 0.278. The molecular weight excluding hydrogens is 543 g/mol. The van der Waals surface area contributed by atoms with E-state index >= 15 is 0 Å². The van der Waals surface area contributed by atoms with Crippen molar-refractivity contribution in [2.75, 3.05) is 24.1 Å². The van der Waals surface area contributed by atoms with Gasteiger partial charge in [0.25, 0.3) is 0 Å². The molecule has 1 saturated heterocycles. The van der Waals surface area contributed by atoms with Gasteiger partial charge in [-0.1, -0.05) is 12.1 Å². The number of rotatable bonds is 7. The van der Waals surface area contributed by atoms with Crippen LogP contribution in [0.15, 0.2) is 91.3 Å². The van der Waals surface area contributed by atoms with Gasteiger partial charge in [0.15, 0.2) is 11.5 Å². The molecule has 5 heterocycles. The van der Waals surface area contributed by atoms with Crippen molar-refractivity contribution in [1.82, 2.24) is 34.4 Å². The van der Waals surface area contributed by atoms with Crippen LogP contribution in [0.3, 0.4) is 0 Å². The van der Waals surface area contributed by atoms with Crippen LogP contribution in [-0.4, -0.2) is 53.5 Å².